The van der Waals surface area contributed by atoms with Crippen molar-refractivity contribution in [2.24, 2.45) is 0 Å². The highest BCUT2D eigenvalue weighted by molar-refractivity contribution is 7.99. The second-order valence-corrected chi connectivity index (χ2v) is 8.47. The van der Waals surface area contributed by atoms with Crippen LogP contribution in [0.3, 0.4) is 0 Å². The standard InChI is InChI=1S/C25H26N2O7S/c1-4-33-22(28)15-35-12-11-34-20-10-9-17(14-21(20)32-3)13-18-23(29)26-25(31)27(24(18)30)19-8-6-5-7-16(19)2/h5-10,13-14H,4,11-12,15H2,1-3H3,(H,26,29,31)/b18-13-. The molecule has 0 aromatic heterocycles. The molecule has 0 spiro atoms. The second-order valence-electron chi connectivity index (χ2n) is 7.36. The Morgan fingerprint density at radius 3 is 2.60 bits per heavy atom. The quantitative estimate of drug-likeness (QED) is 0.230. The lowest BCUT2D eigenvalue weighted by Gasteiger charge is -2.27. The van der Waals surface area contributed by atoms with Crippen LogP contribution in [0, 0.1) is 6.92 Å². The van der Waals surface area contributed by atoms with Crippen molar-refractivity contribution in [2.45, 2.75) is 13.8 Å². The summed E-state index contributed by atoms with van der Waals surface area (Å²) in [5.74, 6) is -0.0533. The third-order valence-corrected chi connectivity index (χ3v) is 5.86. The Balaban J connectivity index is 1.74. The molecule has 4 amide bonds. The van der Waals surface area contributed by atoms with Crippen LogP contribution in [-0.4, -0.2) is 55.6 Å². The molecule has 35 heavy (non-hydrogen) atoms. The van der Waals surface area contributed by atoms with Gasteiger partial charge in [-0.3, -0.25) is 19.7 Å². The number of carbonyl (C=O) groups is 4. The molecular weight excluding hydrogens is 472 g/mol. The largest absolute Gasteiger partial charge is 0.493 e. The third-order valence-electron chi connectivity index (χ3n) is 4.97. The van der Waals surface area contributed by atoms with Crippen molar-refractivity contribution in [3.05, 3.63) is 59.2 Å². The van der Waals surface area contributed by atoms with E-state index in [1.54, 1.807) is 56.3 Å². The number of aryl methyl sites for hydroxylation is 1. The molecule has 0 unspecified atom stereocenters. The third kappa shape index (κ3) is 6.42. The fourth-order valence-corrected chi connectivity index (χ4v) is 3.91. The molecule has 2 aromatic carbocycles. The molecule has 1 saturated heterocycles. The molecule has 1 fully saturated rings. The topological polar surface area (TPSA) is 111 Å². The first-order valence-electron chi connectivity index (χ1n) is 10.9. The fraction of sp³-hybridized carbons (Fsp3) is 0.280. The van der Waals surface area contributed by atoms with E-state index in [2.05, 4.69) is 5.32 Å². The average Bonchev–Trinajstić information content (AvgIpc) is 2.83. The van der Waals surface area contributed by atoms with E-state index in [9.17, 15) is 19.2 Å². The van der Waals surface area contributed by atoms with E-state index in [1.165, 1.54) is 24.9 Å². The minimum atomic E-state index is -0.798. The lowest BCUT2D eigenvalue weighted by atomic mass is 10.1. The summed E-state index contributed by atoms with van der Waals surface area (Å²) in [4.78, 5) is 50.3. The van der Waals surface area contributed by atoms with Crippen molar-refractivity contribution >= 4 is 47.3 Å². The maximum Gasteiger partial charge on any atom is 0.335 e. The predicted octanol–water partition coefficient (Wildman–Crippen LogP) is 3.35. The summed E-state index contributed by atoms with van der Waals surface area (Å²) in [7, 11) is 1.48. The molecular formula is C25H26N2O7S. The van der Waals surface area contributed by atoms with E-state index in [4.69, 9.17) is 14.2 Å². The number of methoxy groups -OCH3 is 1. The molecule has 2 aromatic rings. The van der Waals surface area contributed by atoms with E-state index >= 15 is 0 Å². The molecule has 1 aliphatic rings. The summed E-state index contributed by atoms with van der Waals surface area (Å²) in [6, 6.07) is 11.1. The fourth-order valence-electron chi connectivity index (χ4n) is 3.32. The van der Waals surface area contributed by atoms with Crippen LogP contribution in [0.1, 0.15) is 18.1 Å². The second kappa shape index (κ2) is 12.1. The number of hydrogen-bond acceptors (Lipinski definition) is 8. The van der Waals surface area contributed by atoms with Gasteiger partial charge in [0.1, 0.15) is 5.57 Å². The van der Waals surface area contributed by atoms with Gasteiger partial charge < -0.3 is 14.2 Å². The first-order chi connectivity index (χ1) is 16.8. The van der Waals surface area contributed by atoms with Crippen LogP contribution in [0.15, 0.2) is 48.0 Å². The lowest BCUT2D eigenvalue weighted by Crippen LogP contribution is -2.54. The SMILES string of the molecule is CCOC(=O)CSCCOc1ccc(/C=C2/C(=O)NC(=O)N(c3ccccc3C)C2=O)cc1OC. The molecule has 0 aliphatic carbocycles. The number of benzene rings is 2. The number of nitrogens with one attached hydrogen (secondary N) is 1. The van der Waals surface area contributed by atoms with Gasteiger partial charge in [0.25, 0.3) is 11.8 Å². The van der Waals surface area contributed by atoms with E-state index in [0.29, 0.717) is 47.3 Å². The maximum absolute atomic E-state index is 13.1. The first kappa shape index (κ1) is 25.8. The van der Waals surface area contributed by atoms with E-state index in [0.717, 1.165) is 4.90 Å². The van der Waals surface area contributed by atoms with Gasteiger partial charge in [0.05, 0.1) is 31.8 Å². The number of rotatable bonds is 10. The zero-order valence-electron chi connectivity index (χ0n) is 19.7. The number of ether oxygens (including phenoxy) is 3. The highest BCUT2D eigenvalue weighted by Crippen LogP contribution is 2.30. The molecule has 10 heteroatoms. The van der Waals surface area contributed by atoms with Crippen LogP contribution in [-0.2, 0) is 19.1 Å². The van der Waals surface area contributed by atoms with Crippen LogP contribution in [0.5, 0.6) is 11.5 Å². The zero-order valence-corrected chi connectivity index (χ0v) is 20.5. The predicted molar refractivity (Wildman–Crippen MR) is 133 cm³/mol. The summed E-state index contributed by atoms with van der Waals surface area (Å²) in [6.45, 7) is 4.22. The maximum atomic E-state index is 13.1. The van der Waals surface area contributed by atoms with Crippen molar-refractivity contribution in [2.75, 3.05) is 36.7 Å². The normalized spacial score (nSPS) is 14.7. The van der Waals surface area contributed by atoms with Gasteiger partial charge in [0.2, 0.25) is 0 Å². The van der Waals surface area contributed by atoms with Crippen LogP contribution in [0.25, 0.3) is 6.08 Å². The van der Waals surface area contributed by atoms with Gasteiger partial charge in [0.15, 0.2) is 11.5 Å². The molecule has 0 radical (unpaired) electrons. The van der Waals surface area contributed by atoms with Gasteiger partial charge in [-0.2, -0.15) is 0 Å². The molecule has 1 aliphatic heterocycles. The van der Waals surface area contributed by atoms with Gasteiger partial charge >= 0.3 is 12.0 Å². The number of esters is 1. The zero-order chi connectivity index (χ0) is 25.4. The average molecular weight is 499 g/mol. The summed E-state index contributed by atoms with van der Waals surface area (Å²) < 4.78 is 16.0. The number of amides is 4. The van der Waals surface area contributed by atoms with Crippen LogP contribution < -0.4 is 19.7 Å². The Hall–Kier alpha value is -3.79. The number of urea groups is 1. The van der Waals surface area contributed by atoms with Crippen LogP contribution >= 0.6 is 11.8 Å². The molecule has 1 heterocycles. The van der Waals surface area contributed by atoms with Gasteiger partial charge in [-0.1, -0.05) is 24.3 Å². The Labute approximate surface area is 207 Å². The number of thioether (sulfide) groups is 1. The number of hydrogen-bond donors (Lipinski definition) is 1. The minimum Gasteiger partial charge on any atom is -0.493 e. The molecule has 184 valence electrons. The first-order valence-corrected chi connectivity index (χ1v) is 12.0. The van der Waals surface area contributed by atoms with E-state index in [1.807, 2.05) is 0 Å². The number of barbiturate groups is 1. The number of anilines is 1. The van der Waals surface area contributed by atoms with Gasteiger partial charge in [-0.25, -0.2) is 9.69 Å². The molecule has 0 bridgehead atoms. The van der Waals surface area contributed by atoms with Crippen molar-refractivity contribution < 1.29 is 33.4 Å². The van der Waals surface area contributed by atoms with E-state index < -0.39 is 17.8 Å². The van der Waals surface area contributed by atoms with Crippen LogP contribution in [0.4, 0.5) is 10.5 Å². The summed E-state index contributed by atoms with van der Waals surface area (Å²) in [5, 5.41) is 2.22. The smallest absolute Gasteiger partial charge is 0.335 e. The van der Waals surface area contributed by atoms with Crippen molar-refractivity contribution in [1.82, 2.24) is 5.32 Å². The van der Waals surface area contributed by atoms with Gasteiger partial charge in [-0.15, -0.1) is 11.8 Å². The Morgan fingerprint density at radius 2 is 1.89 bits per heavy atom. The Morgan fingerprint density at radius 1 is 1.11 bits per heavy atom. The highest BCUT2D eigenvalue weighted by atomic mass is 32.2. The van der Waals surface area contributed by atoms with Crippen molar-refractivity contribution in [3.8, 4) is 11.5 Å². The Bertz CT molecular complexity index is 1160. The number of imide groups is 2. The summed E-state index contributed by atoms with van der Waals surface area (Å²) in [6.07, 6.45) is 1.40. The lowest BCUT2D eigenvalue weighted by molar-refractivity contribution is -0.139. The number of nitrogens with zero attached hydrogens (tertiary/aromatic N) is 1. The molecule has 3 rings (SSSR count). The minimum absolute atomic E-state index is 0.182. The molecule has 0 saturated carbocycles. The van der Waals surface area contributed by atoms with Crippen LogP contribution in [0.2, 0.25) is 0 Å². The van der Waals surface area contributed by atoms with Crippen molar-refractivity contribution in [3.63, 3.8) is 0 Å². The summed E-state index contributed by atoms with van der Waals surface area (Å²) in [5.41, 5.74) is 1.45. The molecule has 0 atom stereocenters. The highest BCUT2D eigenvalue weighted by Gasteiger charge is 2.37. The van der Waals surface area contributed by atoms with Gasteiger partial charge in [-0.05, 0) is 49.2 Å². The number of carbonyl (C=O) groups excluding carboxylic acids is 4. The van der Waals surface area contributed by atoms with Gasteiger partial charge in [0, 0.05) is 5.75 Å². The monoisotopic (exact) mass is 498 g/mol. The Kier molecular flexibility index (Phi) is 8.91. The molecule has 9 nitrogen and oxygen atoms in total. The van der Waals surface area contributed by atoms with E-state index in [-0.39, 0.29) is 17.3 Å². The van der Waals surface area contributed by atoms with Crippen molar-refractivity contribution in [1.29, 1.82) is 0 Å². The summed E-state index contributed by atoms with van der Waals surface area (Å²) >= 11 is 1.40. The number of para-hydroxylation sites is 1. The molecule has 1 N–H and O–H groups in total.